The lowest BCUT2D eigenvalue weighted by Gasteiger charge is -2.05. The number of aromatic nitrogens is 4. The van der Waals surface area contributed by atoms with E-state index in [2.05, 4.69) is 9.97 Å². The van der Waals surface area contributed by atoms with Crippen molar-refractivity contribution in [3.05, 3.63) is 57.0 Å². The lowest BCUT2D eigenvalue weighted by molar-refractivity contribution is -0.138. The Kier molecular flexibility index (Phi) is 5.58. The van der Waals surface area contributed by atoms with E-state index in [0.717, 1.165) is 10.1 Å². The first kappa shape index (κ1) is 18.9. The molecule has 1 aromatic carbocycles. The third-order valence-corrected chi connectivity index (χ3v) is 3.68. The van der Waals surface area contributed by atoms with Crippen molar-refractivity contribution < 1.29 is 15.0 Å². The molecule has 0 saturated carbocycles. The van der Waals surface area contributed by atoms with Crippen molar-refractivity contribution in [2.75, 3.05) is 0 Å². The Hall–Kier alpha value is -3.40. The molecular formula is C16H19N5O5. The number of carbonyl (C=O) groups is 1. The smallest absolute Gasteiger partial charge is 0.329 e. The molecule has 3 rings (SSSR count). The van der Waals surface area contributed by atoms with E-state index in [4.69, 9.17) is 15.9 Å². The summed E-state index contributed by atoms with van der Waals surface area (Å²) in [4.78, 5) is 39.4. The van der Waals surface area contributed by atoms with Crippen LogP contribution in [0.2, 0.25) is 0 Å². The molecule has 0 radical (unpaired) electrons. The monoisotopic (exact) mass is 361 g/mol. The summed E-state index contributed by atoms with van der Waals surface area (Å²) >= 11 is 0. The number of hydrogen-bond acceptors (Lipinski definition) is 6. The number of carboxylic acids is 1. The molecule has 0 aliphatic rings. The molecule has 26 heavy (non-hydrogen) atoms. The van der Waals surface area contributed by atoms with Gasteiger partial charge in [-0.15, -0.1) is 0 Å². The van der Waals surface area contributed by atoms with E-state index >= 15 is 0 Å². The van der Waals surface area contributed by atoms with Gasteiger partial charge in [0.15, 0.2) is 11.2 Å². The normalized spacial score (nSPS) is 11.7. The average molecular weight is 361 g/mol. The number of aryl methyl sites for hydroxylation is 1. The second kappa shape index (κ2) is 7.66. The average Bonchev–Trinajstić information content (AvgIpc) is 2.96. The summed E-state index contributed by atoms with van der Waals surface area (Å²) in [5, 5.41) is 17.5. The molecule has 2 aromatic heterocycles. The fourth-order valence-corrected chi connectivity index (χ4v) is 2.18. The summed E-state index contributed by atoms with van der Waals surface area (Å²) in [5.41, 5.74) is 6.07. The zero-order valence-corrected chi connectivity index (χ0v) is 14.2. The predicted molar refractivity (Wildman–Crippen MR) is 94.0 cm³/mol. The molecule has 0 fully saturated rings. The van der Waals surface area contributed by atoms with Gasteiger partial charge in [-0.1, -0.05) is 12.1 Å². The number of rotatable bonds is 3. The summed E-state index contributed by atoms with van der Waals surface area (Å²) in [7, 11) is 3.13. The minimum Gasteiger partial charge on any atom is -0.508 e. The summed E-state index contributed by atoms with van der Waals surface area (Å²) in [6.45, 7) is 0. The number of imidazole rings is 1. The minimum absolute atomic E-state index is 0.160. The van der Waals surface area contributed by atoms with Crippen LogP contribution in [-0.4, -0.2) is 41.3 Å². The highest BCUT2D eigenvalue weighted by Crippen LogP contribution is 2.10. The maximum Gasteiger partial charge on any atom is 0.329 e. The van der Waals surface area contributed by atoms with Crippen LogP contribution in [0, 0.1) is 0 Å². The summed E-state index contributed by atoms with van der Waals surface area (Å²) in [6, 6.07) is 5.42. The Labute approximate surface area is 147 Å². The summed E-state index contributed by atoms with van der Waals surface area (Å²) < 4.78 is 2.59. The van der Waals surface area contributed by atoms with Crippen molar-refractivity contribution in [2.45, 2.75) is 12.5 Å². The first-order chi connectivity index (χ1) is 12.2. The summed E-state index contributed by atoms with van der Waals surface area (Å²) in [6.07, 6.45) is 1.76. The van der Waals surface area contributed by atoms with Crippen LogP contribution >= 0.6 is 0 Å². The quantitative estimate of drug-likeness (QED) is 0.481. The fraction of sp³-hybridized carbons (Fsp3) is 0.250. The maximum atomic E-state index is 11.5. The molecule has 0 bridgehead atoms. The maximum absolute atomic E-state index is 11.5. The molecule has 5 N–H and O–H groups in total. The molecule has 0 aliphatic heterocycles. The van der Waals surface area contributed by atoms with Gasteiger partial charge in [0.05, 0.1) is 6.33 Å². The molecule has 10 nitrogen and oxygen atoms in total. The van der Waals surface area contributed by atoms with Crippen molar-refractivity contribution in [3.8, 4) is 5.75 Å². The number of phenols is 1. The molecule has 0 amide bonds. The number of H-pyrrole nitrogens is 1. The first-order valence-corrected chi connectivity index (χ1v) is 7.57. The van der Waals surface area contributed by atoms with Crippen LogP contribution in [0.5, 0.6) is 5.75 Å². The highest BCUT2D eigenvalue weighted by atomic mass is 16.4. The largest absolute Gasteiger partial charge is 0.508 e. The molecule has 10 heteroatoms. The van der Waals surface area contributed by atoms with Crippen molar-refractivity contribution in [1.29, 1.82) is 0 Å². The number of nitrogens with two attached hydrogens (primary N) is 1. The molecule has 3 aromatic rings. The zero-order valence-electron chi connectivity index (χ0n) is 14.2. The number of nitrogens with one attached hydrogen (secondary N) is 1. The van der Waals surface area contributed by atoms with Gasteiger partial charge in [-0.2, -0.15) is 0 Å². The number of phenolic OH excluding ortho intramolecular Hbond substituents is 1. The molecule has 1 unspecified atom stereocenters. The van der Waals surface area contributed by atoms with Crippen molar-refractivity contribution in [2.24, 2.45) is 19.8 Å². The molecule has 0 aliphatic carbocycles. The number of aliphatic carboxylic acids is 1. The zero-order chi connectivity index (χ0) is 19.4. The van der Waals surface area contributed by atoms with E-state index in [1.807, 2.05) is 0 Å². The van der Waals surface area contributed by atoms with Crippen molar-refractivity contribution >= 4 is 17.1 Å². The fourth-order valence-electron chi connectivity index (χ4n) is 2.18. The Balaban J connectivity index is 0.000000187. The van der Waals surface area contributed by atoms with Gasteiger partial charge < -0.3 is 20.5 Å². The van der Waals surface area contributed by atoms with Gasteiger partial charge in [0.1, 0.15) is 11.8 Å². The van der Waals surface area contributed by atoms with Crippen molar-refractivity contribution in [1.82, 2.24) is 19.1 Å². The molecule has 0 spiro atoms. The van der Waals surface area contributed by atoms with E-state index in [0.29, 0.717) is 11.2 Å². The number of benzene rings is 1. The van der Waals surface area contributed by atoms with Gasteiger partial charge in [0, 0.05) is 14.1 Å². The molecule has 1 atom stereocenters. The van der Waals surface area contributed by atoms with Crippen LogP contribution in [0.1, 0.15) is 5.56 Å². The molecule has 0 saturated heterocycles. The number of hydrogen-bond donors (Lipinski definition) is 4. The minimum atomic E-state index is -1.02. The third kappa shape index (κ3) is 4.16. The number of carboxylic acid groups (broad SMARTS) is 1. The highest BCUT2D eigenvalue weighted by Gasteiger charge is 2.11. The highest BCUT2D eigenvalue weighted by molar-refractivity contribution is 5.73. The Bertz CT molecular complexity index is 1030. The van der Waals surface area contributed by atoms with E-state index in [1.165, 1.54) is 25.5 Å². The van der Waals surface area contributed by atoms with Crippen LogP contribution in [0.3, 0.4) is 0 Å². The van der Waals surface area contributed by atoms with Crippen LogP contribution in [-0.2, 0) is 25.3 Å². The molecule has 2 heterocycles. The van der Waals surface area contributed by atoms with Crippen molar-refractivity contribution in [3.63, 3.8) is 0 Å². The van der Waals surface area contributed by atoms with Crippen LogP contribution in [0.15, 0.2) is 40.2 Å². The Morgan fingerprint density at radius 3 is 2.46 bits per heavy atom. The van der Waals surface area contributed by atoms with Crippen LogP contribution in [0.4, 0.5) is 0 Å². The first-order valence-electron chi connectivity index (χ1n) is 7.57. The lowest BCUT2D eigenvalue weighted by Crippen LogP contribution is -2.33. The van der Waals surface area contributed by atoms with Gasteiger partial charge in [-0.05, 0) is 24.1 Å². The number of aromatic hydroxyl groups is 1. The van der Waals surface area contributed by atoms with Crippen LogP contribution < -0.4 is 17.0 Å². The number of fused-ring (bicyclic) bond motifs is 1. The van der Waals surface area contributed by atoms with Crippen LogP contribution in [0.25, 0.3) is 11.2 Å². The van der Waals surface area contributed by atoms with Gasteiger partial charge in [-0.3, -0.25) is 19.1 Å². The van der Waals surface area contributed by atoms with E-state index in [-0.39, 0.29) is 17.7 Å². The van der Waals surface area contributed by atoms with Gasteiger partial charge in [-0.25, -0.2) is 9.78 Å². The second-order valence-electron chi connectivity index (χ2n) is 5.66. The molecule has 138 valence electrons. The van der Waals surface area contributed by atoms with Gasteiger partial charge in [0.2, 0.25) is 0 Å². The predicted octanol–water partition coefficient (Wildman–Crippen LogP) is -0.693. The molecular weight excluding hydrogens is 342 g/mol. The summed E-state index contributed by atoms with van der Waals surface area (Å²) in [5.74, 6) is -0.860. The second-order valence-corrected chi connectivity index (χ2v) is 5.66. The van der Waals surface area contributed by atoms with Gasteiger partial charge in [0.25, 0.3) is 5.56 Å². The van der Waals surface area contributed by atoms with E-state index < -0.39 is 17.7 Å². The Morgan fingerprint density at radius 2 is 1.88 bits per heavy atom. The topological polar surface area (TPSA) is 156 Å². The standard InChI is InChI=1S/C9H11NO3.C7H8N4O2/c10-8(9(12)13)5-6-1-3-7(11)4-2-6;1-10-3-8-5-4(10)6(12)11(2)7(13)9-5/h1-4,8,11H,5,10H2,(H,12,13);3H,1-2H3,(H,9,13). The van der Waals surface area contributed by atoms with E-state index in [9.17, 15) is 14.4 Å². The number of aromatic amines is 1. The lowest BCUT2D eigenvalue weighted by atomic mass is 10.1. The number of nitrogens with zero attached hydrogens (tertiary/aromatic N) is 3. The third-order valence-electron chi connectivity index (χ3n) is 3.68. The Morgan fingerprint density at radius 1 is 1.27 bits per heavy atom. The van der Waals surface area contributed by atoms with Gasteiger partial charge >= 0.3 is 11.7 Å². The van der Waals surface area contributed by atoms with E-state index in [1.54, 1.807) is 23.7 Å². The SMILES string of the molecule is Cn1c(=O)[nH]c2ncn(C)c2c1=O.NC(Cc1ccc(O)cc1)C(=O)O.